The molecule has 0 aliphatic carbocycles. The number of nitrogens with one attached hydrogen (secondary N) is 1. The molecule has 0 saturated carbocycles. The van der Waals surface area contributed by atoms with Crippen LogP contribution in [0, 0.1) is 17.8 Å². The van der Waals surface area contributed by atoms with E-state index < -0.39 is 0 Å². The van der Waals surface area contributed by atoms with Gasteiger partial charge in [0, 0.05) is 12.5 Å². The first kappa shape index (κ1) is 7.73. The average molecular weight is 141 g/mol. The number of rotatable bonds is 1. The van der Waals surface area contributed by atoms with E-state index in [4.69, 9.17) is 0 Å². The number of carbonyl (C=O) groups excluding carboxylic acids is 1. The van der Waals surface area contributed by atoms with Crippen molar-refractivity contribution in [1.82, 2.24) is 5.32 Å². The molecule has 1 N–H and O–H groups in total. The normalized spacial score (nSPS) is 41.2. The molecule has 0 amide bonds. The fraction of sp³-hybridized carbons (Fsp3) is 0.875. The van der Waals surface area contributed by atoms with Gasteiger partial charge in [-0.05, 0) is 18.4 Å². The van der Waals surface area contributed by atoms with Gasteiger partial charge in [0.1, 0.15) is 6.29 Å². The van der Waals surface area contributed by atoms with Crippen LogP contribution >= 0.6 is 0 Å². The first-order valence-corrected chi connectivity index (χ1v) is 3.91. The van der Waals surface area contributed by atoms with Crippen molar-refractivity contribution in [2.75, 3.05) is 13.1 Å². The summed E-state index contributed by atoms with van der Waals surface area (Å²) in [6, 6.07) is 0. The third-order valence-electron chi connectivity index (χ3n) is 2.59. The molecular formula is C8H15NO. The minimum absolute atomic E-state index is 0.240. The van der Waals surface area contributed by atoms with Crippen LogP contribution in [-0.4, -0.2) is 19.4 Å². The maximum absolute atomic E-state index is 10.5. The van der Waals surface area contributed by atoms with E-state index in [0.717, 1.165) is 19.4 Å². The van der Waals surface area contributed by atoms with E-state index in [1.807, 2.05) is 0 Å². The summed E-state index contributed by atoms with van der Waals surface area (Å²) in [6.45, 7) is 6.28. The molecule has 1 heterocycles. The second kappa shape index (κ2) is 3.15. The van der Waals surface area contributed by atoms with Crippen LogP contribution in [0.4, 0.5) is 0 Å². The summed E-state index contributed by atoms with van der Waals surface area (Å²) >= 11 is 0. The van der Waals surface area contributed by atoms with E-state index in [1.54, 1.807) is 0 Å². The molecule has 1 aliphatic heterocycles. The number of piperidine rings is 1. The molecule has 0 radical (unpaired) electrons. The van der Waals surface area contributed by atoms with Gasteiger partial charge in [0.25, 0.3) is 0 Å². The number of aldehydes is 1. The maximum Gasteiger partial charge on any atom is 0.124 e. The first-order valence-electron chi connectivity index (χ1n) is 3.91. The molecule has 0 aromatic heterocycles. The highest BCUT2D eigenvalue weighted by Gasteiger charge is 2.25. The Kier molecular flexibility index (Phi) is 2.44. The summed E-state index contributed by atoms with van der Waals surface area (Å²) in [5.74, 6) is 1.44. The van der Waals surface area contributed by atoms with Crippen molar-refractivity contribution in [2.24, 2.45) is 17.8 Å². The molecule has 0 aromatic rings. The third kappa shape index (κ3) is 1.37. The maximum atomic E-state index is 10.5. The van der Waals surface area contributed by atoms with Gasteiger partial charge in [-0.3, -0.25) is 0 Å². The Morgan fingerprint density at radius 3 is 2.60 bits per heavy atom. The minimum atomic E-state index is 0.240. The summed E-state index contributed by atoms with van der Waals surface area (Å²) in [4.78, 5) is 10.5. The number of hydrogen-bond acceptors (Lipinski definition) is 2. The van der Waals surface area contributed by atoms with E-state index in [1.165, 1.54) is 0 Å². The highest BCUT2D eigenvalue weighted by molar-refractivity contribution is 5.54. The Bertz CT molecular complexity index is 124. The molecule has 10 heavy (non-hydrogen) atoms. The molecule has 1 fully saturated rings. The van der Waals surface area contributed by atoms with Gasteiger partial charge in [-0.25, -0.2) is 0 Å². The Morgan fingerprint density at radius 1 is 1.40 bits per heavy atom. The van der Waals surface area contributed by atoms with Crippen LogP contribution in [0.2, 0.25) is 0 Å². The molecule has 3 atom stereocenters. The summed E-state index contributed by atoms with van der Waals surface area (Å²) in [5.41, 5.74) is 0. The van der Waals surface area contributed by atoms with Crippen molar-refractivity contribution >= 4 is 6.29 Å². The SMILES string of the molecule is CC1CNCC(C=O)C1C. The van der Waals surface area contributed by atoms with Gasteiger partial charge >= 0.3 is 0 Å². The van der Waals surface area contributed by atoms with E-state index in [-0.39, 0.29) is 5.92 Å². The second-order valence-electron chi connectivity index (χ2n) is 3.29. The van der Waals surface area contributed by atoms with Crippen LogP contribution in [-0.2, 0) is 4.79 Å². The van der Waals surface area contributed by atoms with Gasteiger partial charge in [0.05, 0.1) is 0 Å². The molecule has 1 rings (SSSR count). The lowest BCUT2D eigenvalue weighted by molar-refractivity contribution is -0.113. The predicted octanol–water partition coefficient (Wildman–Crippen LogP) is 0.677. The quantitative estimate of drug-likeness (QED) is 0.544. The summed E-state index contributed by atoms with van der Waals surface area (Å²) < 4.78 is 0. The number of carbonyl (C=O) groups is 1. The molecule has 2 heteroatoms. The van der Waals surface area contributed by atoms with Crippen molar-refractivity contribution in [1.29, 1.82) is 0 Å². The van der Waals surface area contributed by atoms with Crippen molar-refractivity contribution < 1.29 is 4.79 Å². The monoisotopic (exact) mass is 141 g/mol. The second-order valence-corrected chi connectivity index (χ2v) is 3.29. The largest absolute Gasteiger partial charge is 0.316 e. The highest BCUT2D eigenvalue weighted by Crippen LogP contribution is 2.21. The summed E-state index contributed by atoms with van der Waals surface area (Å²) in [7, 11) is 0. The van der Waals surface area contributed by atoms with Gasteiger partial charge in [-0.15, -0.1) is 0 Å². The molecule has 0 bridgehead atoms. The molecule has 1 aliphatic rings. The topological polar surface area (TPSA) is 29.1 Å². The Hall–Kier alpha value is -0.370. The Morgan fingerprint density at radius 2 is 2.10 bits per heavy atom. The van der Waals surface area contributed by atoms with Gasteiger partial charge in [0.2, 0.25) is 0 Å². The lowest BCUT2D eigenvalue weighted by atomic mass is 9.82. The van der Waals surface area contributed by atoms with E-state index in [2.05, 4.69) is 19.2 Å². The van der Waals surface area contributed by atoms with Crippen LogP contribution in [0.3, 0.4) is 0 Å². The van der Waals surface area contributed by atoms with Crippen LogP contribution in [0.1, 0.15) is 13.8 Å². The highest BCUT2D eigenvalue weighted by atomic mass is 16.1. The molecule has 1 saturated heterocycles. The molecule has 0 aromatic carbocycles. The zero-order chi connectivity index (χ0) is 7.56. The van der Waals surface area contributed by atoms with Gasteiger partial charge in [-0.2, -0.15) is 0 Å². The van der Waals surface area contributed by atoms with E-state index in [0.29, 0.717) is 11.8 Å². The standard InChI is InChI=1S/C8H15NO/c1-6-3-9-4-8(5-10)7(6)2/h5-9H,3-4H2,1-2H3. The molecule has 2 nitrogen and oxygen atoms in total. The van der Waals surface area contributed by atoms with Crippen LogP contribution < -0.4 is 5.32 Å². The van der Waals surface area contributed by atoms with Crippen molar-refractivity contribution in [3.8, 4) is 0 Å². The molecule has 58 valence electrons. The minimum Gasteiger partial charge on any atom is -0.316 e. The van der Waals surface area contributed by atoms with Gasteiger partial charge in [-0.1, -0.05) is 13.8 Å². The predicted molar refractivity (Wildman–Crippen MR) is 40.8 cm³/mol. The average Bonchev–Trinajstić information content (AvgIpc) is 1.95. The zero-order valence-electron chi connectivity index (χ0n) is 6.63. The summed E-state index contributed by atoms with van der Waals surface area (Å²) in [6.07, 6.45) is 1.08. The van der Waals surface area contributed by atoms with Crippen LogP contribution in [0.15, 0.2) is 0 Å². The fourth-order valence-electron chi connectivity index (χ4n) is 1.44. The zero-order valence-corrected chi connectivity index (χ0v) is 6.63. The molecular weight excluding hydrogens is 126 g/mol. The van der Waals surface area contributed by atoms with E-state index >= 15 is 0 Å². The molecule has 0 spiro atoms. The number of hydrogen-bond donors (Lipinski definition) is 1. The van der Waals surface area contributed by atoms with Crippen molar-refractivity contribution in [2.45, 2.75) is 13.8 Å². The summed E-state index contributed by atoms with van der Waals surface area (Å²) in [5, 5.41) is 3.23. The van der Waals surface area contributed by atoms with E-state index in [9.17, 15) is 4.79 Å². The van der Waals surface area contributed by atoms with Gasteiger partial charge < -0.3 is 10.1 Å². The lowest BCUT2D eigenvalue weighted by Gasteiger charge is -2.31. The van der Waals surface area contributed by atoms with Crippen LogP contribution in [0.5, 0.6) is 0 Å². The Balaban J connectivity index is 2.50. The Labute approximate surface area is 62.0 Å². The van der Waals surface area contributed by atoms with Crippen LogP contribution in [0.25, 0.3) is 0 Å². The molecule has 3 unspecified atom stereocenters. The smallest absolute Gasteiger partial charge is 0.124 e. The van der Waals surface area contributed by atoms with Crippen molar-refractivity contribution in [3.63, 3.8) is 0 Å². The third-order valence-corrected chi connectivity index (χ3v) is 2.59. The lowest BCUT2D eigenvalue weighted by Crippen LogP contribution is -2.41. The van der Waals surface area contributed by atoms with Gasteiger partial charge in [0.15, 0.2) is 0 Å². The fourth-order valence-corrected chi connectivity index (χ4v) is 1.44. The van der Waals surface area contributed by atoms with Crippen molar-refractivity contribution in [3.05, 3.63) is 0 Å². The first-order chi connectivity index (χ1) is 4.75.